The summed E-state index contributed by atoms with van der Waals surface area (Å²) in [5, 5.41) is -0.0142. The maximum absolute atomic E-state index is 14.8. The second-order valence-electron chi connectivity index (χ2n) is 22.2. The number of hydrogen-bond donors (Lipinski definition) is 0. The number of benzene rings is 1. The highest BCUT2D eigenvalue weighted by molar-refractivity contribution is 9.09. The number of carbonyl (C=O) groups excluding carboxylic acids is 2. The van der Waals surface area contributed by atoms with Gasteiger partial charge in [-0.15, -0.1) is 6.58 Å². The fraction of sp³-hybridized carbons (Fsp3) is 0.750. The van der Waals surface area contributed by atoms with Crippen molar-refractivity contribution in [3.63, 3.8) is 0 Å². The van der Waals surface area contributed by atoms with E-state index in [-0.39, 0.29) is 48.9 Å². The number of allylic oxidation sites excluding steroid dienone is 3. The molecule has 9 unspecified atom stereocenters. The second kappa shape index (κ2) is 14.6. The van der Waals surface area contributed by atoms with Crippen molar-refractivity contribution < 1.29 is 18.8 Å². The van der Waals surface area contributed by atoms with Crippen LogP contribution in [0.25, 0.3) is 5.57 Å². The second-order valence-corrected chi connectivity index (χ2v) is 28.1. The molecule has 4 aliphatic carbocycles. The fourth-order valence-electron chi connectivity index (χ4n) is 12.5. The summed E-state index contributed by atoms with van der Waals surface area (Å²) in [7, 11) is -2.28. The number of fused-ring (bicyclic) bond motifs is 3. The fourth-order valence-corrected chi connectivity index (χ4v) is 14.0. The van der Waals surface area contributed by atoms with Crippen molar-refractivity contribution in [1.82, 2.24) is 0 Å². The first kappa shape index (κ1) is 43.5. The Morgan fingerprint density at radius 1 is 0.963 bits per heavy atom. The van der Waals surface area contributed by atoms with E-state index in [0.717, 1.165) is 51.4 Å². The van der Waals surface area contributed by atoms with E-state index in [0.29, 0.717) is 29.2 Å². The first-order chi connectivity index (χ1) is 24.7. The molecule has 0 aliphatic heterocycles. The average molecular weight is 824 g/mol. The maximum atomic E-state index is 14.8. The molecule has 0 heterocycles. The van der Waals surface area contributed by atoms with Crippen LogP contribution in [0.3, 0.4) is 0 Å². The number of hydrogen-bond acceptors (Lipinski definition) is 4. The molecule has 4 aliphatic rings. The van der Waals surface area contributed by atoms with Crippen LogP contribution in [0.15, 0.2) is 43.0 Å². The monoisotopic (exact) mass is 822 g/mol. The molecule has 0 aromatic heterocycles. The molecule has 1 aromatic rings. The van der Waals surface area contributed by atoms with E-state index in [2.05, 4.69) is 116 Å². The topological polar surface area (TPSA) is 52.6 Å². The Kier molecular flexibility index (Phi) is 11.8. The molecule has 4 nitrogen and oxygen atoms in total. The lowest BCUT2D eigenvalue weighted by molar-refractivity contribution is -0.202. The number of carbonyl (C=O) groups is 2. The molecular weight excluding hydrogens is 749 g/mol. The molecule has 3 fully saturated rings. The normalized spacial score (nSPS) is 35.9. The van der Waals surface area contributed by atoms with E-state index in [9.17, 15) is 9.59 Å². The summed E-state index contributed by atoms with van der Waals surface area (Å²) >= 11 is 3.94. The van der Waals surface area contributed by atoms with Crippen LogP contribution in [0, 0.1) is 50.7 Å². The van der Waals surface area contributed by atoms with Crippen molar-refractivity contribution in [3.05, 3.63) is 54.1 Å². The van der Waals surface area contributed by atoms with Crippen molar-refractivity contribution in [1.29, 1.82) is 0 Å². The summed E-state index contributed by atoms with van der Waals surface area (Å²) in [6.45, 7) is 36.3. The third-order valence-corrected chi connectivity index (χ3v) is 21.4. The molecule has 3 saturated carbocycles. The molecule has 9 atom stereocenters. The number of esters is 1. The molecule has 0 bridgehead atoms. The van der Waals surface area contributed by atoms with Crippen LogP contribution >= 0.6 is 15.9 Å². The molecule has 5 rings (SSSR count). The Morgan fingerprint density at radius 3 is 2.13 bits per heavy atom. The lowest BCUT2D eigenvalue weighted by Crippen LogP contribution is -2.63. The molecule has 302 valence electrons. The molecule has 0 saturated heterocycles. The van der Waals surface area contributed by atoms with Gasteiger partial charge in [0, 0.05) is 4.83 Å². The molecule has 6 heteroatoms. The van der Waals surface area contributed by atoms with E-state index in [4.69, 9.17) is 9.16 Å². The minimum atomic E-state index is -2.28. The lowest BCUT2D eigenvalue weighted by atomic mass is 9.36. The summed E-state index contributed by atoms with van der Waals surface area (Å²) < 4.78 is 12.4. The number of alkyl halides is 1. The van der Waals surface area contributed by atoms with E-state index in [1.807, 2.05) is 39.0 Å². The average Bonchev–Trinajstić information content (AvgIpc) is 3.42. The molecule has 54 heavy (non-hydrogen) atoms. The van der Waals surface area contributed by atoms with Crippen LogP contribution < -0.4 is 0 Å². The van der Waals surface area contributed by atoms with E-state index < -0.39 is 13.9 Å². The van der Waals surface area contributed by atoms with Crippen LogP contribution in [-0.2, 0) is 14.0 Å². The first-order valence-electron chi connectivity index (χ1n) is 21.2. The SMILES string of the molecule is C=CC(Br)CC1CCC2(C(=O)O[Si](C)(C)C(C)(C)C)CCC3(C)C(CCC(C4(C)CC=C(c5ccc(C(=O)OC(C)(C)C)cc5)C(C)(C)C4)C3(C)CC)C12. The third-order valence-electron chi connectivity index (χ3n) is 16.4. The van der Waals surface area contributed by atoms with Crippen LogP contribution in [0.1, 0.15) is 163 Å². The van der Waals surface area contributed by atoms with Gasteiger partial charge in [0.2, 0.25) is 0 Å². The quantitative estimate of drug-likeness (QED) is 0.108. The minimum absolute atomic E-state index is 0.0142. The van der Waals surface area contributed by atoms with Gasteiger partial charge in [0.15, 0.2) is 0 Å². The predicted molar refractivity (Wildman–Crippen MR) is 232 cm³/mol. The minimum Gasteiger partial charge on any atom is -0.519 e. The van der Waals surface area contributed by atoms with Crippen LogP contribution in [0.5, 0.6) is 0 Å². The molecule has 0 radical (unpaired) electrons. The van der Waals surface area contributed by atoms with Gasteiger partial charge in [0.25, 0.3) is 14.3 Å². The van der Waals surface area contributed by atoms with Crippen molar-refractivity contribution >= 4 is 41.8 Å². The van der Waals surface area contributed by atoms with Crippen molar-refractivity contribution in [2.24, 2.45) is 50.7 Å². The standard InChI is InChI=1S/C48H75BrO4Si/c1-16-35(49)30-34-24-27-48(41(51)53-54(14,15)43(6,7)8)29-28-47(13)37(39(34)48)22-23-38(46(47,12)17-2)45(11)26-25-36(44(9,10)31-45)32-18-20-33(21-19-32)40(50)52-42(3,4)5/h16,18-21,25,34-35,37-39H,1,17,22-24,26-31H2,2-15H3. The number of ether oxygens (including phenoxy) is 1. The molecule has 1 aromatic carbocycles. The summed E-state index contributed by atoms with van der Waals surface area (Å²) in [6.07, 6.45) is 15.5. The Morgan fingerprint density at radius 2 is 1.59 bits per heavy atom. The summed E-state index contributed by atoms with van der Waals surface area (Å²) in [4.78, 5) is 27.8. The zero-order valence-corrected chi connectivity index (χ0v) is 39.2. The zero-order valence-electron chi connectivity index (χ0n) is 36.6. The first-order valence-corrected chi connectivity index (χ1v) is 25.1. The zero-order chi connectivity index (χ0) is 40.5. The van der Waals surface area contributed by atoms with E-state index in [1.165, 1.54) is 24.0 Å². The van der Waals surface area contributed by atoms with Crippen molar-refractivity contribution in [2.45, 2.75) is 176 Å². The predicted octanol–water partition coefficient (Wildman–Crippen LogP) is 14.0. The van der Waals surface area contributed by atoms with Gasteiger partial charge in [-0.2, -0.15) is 0 Å². The molecule has 0 N–H and O–H groups in total. The molecular formula is C48H75BrO4Si. The van der Waals surface area contributed by atoms with Gasteiger partial charge in [0.05, 0.1) is 11.0 Å². The van der Waals surface area contributed by atoms with Gasteiger partial charge in [0.1, 0.15) is 5.60 Å². The van der Waals surface area contributed by atoms with E-state index >= 15 is 0 Å². The smallest absolute Gasteiger partial charge is 0.338 e. The Labute approximate surface area is 339 Å². The molecule has 0 amide bonds. The highest BCUT2D eigenvalue weighted by atomic mass is 79.9. The van der Waals surface area contributed by atoms with Gasteiger partial charge < -0.3 is 9.16 Å². The highest BCUT2D eigenvalue weighted by Gasteiger charge is 2.69. The summed E-state index contributed by atoms with van der Waals surface area (Å²) in [5.41, 5.74) is 2.68. The van der Waals surface area contributed by atoms with Gasteiger partial charge in [-0.25, -0.2) is 4.79 Å². The maximum Gasteiger partial charge on any atom is 0.338 e. The lowest BCUT2D eigenvalue weighted by Gasteiger charge is -2.68. The highest BCUT2D eigenvalue weighted by Crippen LogP contribution is 2.75. The van der Waals surface area contributed by atoms with Crippen molar-refractivity contribution in [2.75, 3.05) is 0 Å². The van der Waals surface area contributed by atoms with Crippen LogP contribution in [0.4, 0.5) is 0 Å². The van der Waals surface area contributed by atoms with Gasteiger partial charge in [-0.1, -0.05) is 103 Å². The number of halogens is 1. The Bertz CT molecular complexity index is 1610. The van der Waals surface area contributed by atoms with Crippen molar-refractivity contribution in [3.8, 4) is 0 Å². The Hall–Kier alpha value is -1.66. The van der Waals surface area contributed by atoms with E-state index in [1.54, 1.807) is 0 Å². The Balaban J connectivity index is 1.47. The molecule has 0 spiro atoms. The third kappa shape index (κ3) is 7.56. The van der Waals surface area contributed by atoms with Crippen LogP contribution in [0.2, 0.25) is 18.1 Å². The van der Waals surface area contributed by atoms with Crippen LogP contribution in [-0.4, -0.2) is 30.7 Å². The largest absolute Gasteiger partial charge is 0.519 e. The van der Waals surface area contributed by atoms with Gasteiger partial charge in [-0.3, -0.25) is 4.79 Å². The number of rotatable bonds is 9. The summed E-state index contributed by atoms with van der Waals surface area (Å²) in [6, 6.07) is 8.09. The van der Waals surface area contributed by atoms with Gasteiger partial charge >= 0.3 is 5.97 Å². The van der Waals surface area contributed by atoms with Gasteiger partial charge in [-0.05, 0) is 172 Å². The summed E-state index contributed by atoms with van der Waals surface area (Å²) in [5.74, 6) is 1.75.